The summed E-state index contributed by atoms with van der Waals surface area (Å²) < 4.78 is 55.5. The maximum absolute atomic E-state index is 12.9. The minimum absolute atomic E-state index is 0.0612. The van der Waals surface area contributed by atoms with E-state index in [1.54, 1.807) is 30.3 Å². The van der Waals surface area contributed by atoms with Crippen molar-refractivity contribution in [1.82, 2.24) is 15.1 Å². The van der Waals surface area contributed by atoms with E-state index in [0.717, 1.165) is 4.68 Å². The number of methoxy groups -OCH3 is 1. The van der Waals surface area contributed by atoms with E-state index in [4.69, 9.17) is 20.8 Å². The highest BCUT2D eigenvalue weighted by molar-refractivity contribution is 6.31. The molecule has 34 heavy (non-hydrogen) atoms. The van der Waals surface area contributed by atoms with Crippen LogP contribution in [0.25, 0.3) is 0 Å². The van der Waals surface area contributed by atoms with Gasteiger partial charge in [0.05, 0.1) is 23.4 Å². The second-order valence-corrected chi connectivity index (χ2v) is 7.53. The molecule has 0 radical (unpaired) electrons. The number of hydrogen-bond acceptors (Lipinski definition) is 6. The highest BCUT2D eigenvalue weighted by atomic mass is 35.5. The minimum Gasteiger partial charge on any atom is -0.486 e. The predicted molar refractivity (Wildman–Crippen MR) is 115 cm³/mol. The number of carbonyl (C=O) groups excluding carboxylic acids is 2. The Morgan fingerprint density at radius 3 is 2.50 bits per heavy atom. The van der Waals surface area contributed by atoms with E-state index in [9.17, 15) is 22.8 Å². The van der Waals surface area contributed by atoms with Gasteiger partial charge in [0.2, 0.25) is 0 Å². The quantitative estimate of drug-likeness (QED) is 0.340. The van der Waals surface area contributed by atoms with Gasteiger partial charge in [-0.05, 0) is 49.7 Å². The fraction of sp³-hybridized carbons (Fsp3) is 0.318. The summed E-state index contributed by atoms with van der Waals surface area (Å²) in [6.07, 6.45) is -4.30. The normalized spacial score (nSPS) is 11.4. The standard InChI is InChI=1S/C22H21ClF3N3O5/c1-13-18(23)19(22(24,25)26)28-29(13)11-3-10-27-20(30)17-9-8-16(34-17)12-33-15-6-4-14(5-7-15)21(31)32-2/h4-9H,3,10-12H2,1-2H3,(H,27,30). The molecule has 0 spiro atoms. The van der Waals surface area contributed by atoms with Gasteiger partial charge in [-0.15, -0.1) is 0 Å². The van der Waals surface area contributed by atoms with Crippen molar-refractivity contribution in [3.63, 3.8) is 0 Å². The van der Waals surface area contributed by atoms with Crippen LogP contribution in [-0.4, -0.2) is 35.3 Å². The van der Waals surface area contributed by atoms with Crippen molar-refractivity contribution < 1.29 is 36.7 Å². The molecule has 0 bridgehead atoms. The number of carbonyl (C=O) groups is 2. The first kappa shape index (κ1) is 25.2. The van der Waals surface area contributed by atoms with Gasteiger partial charge in [0.15, 0.2) is 11.5 Å². The van der Waals surface area contributed by atoms with Crippen LogP contribution in [0.3, 0.4) is 0 Å². The van der Waals surface area contributed by atoms with Gasteiger partial charge >= 0.3 is 12.1 Å². The molecule has 0 aliphatic rings. The summed E-state index contributed by atoms with van der Waals surface area (Å²) in [6.45, 7) is 1.85. The highest BCUT2D eigenvalue weighted by Crippen LogP contribution is 2.35. The van der Waals surface area contributed by atoms with Crippen LogP contribution in [-0.2, 0) is 24.1 Å². The first-order valence-electron chi connectivity index (χ1n) is 10.1. The molecule has 3 rings (SSSR count). The lowest BCUT2D eigenvalue weighted by Gasteiger charge is -2.06. The van der Waals surface area contributed by atoms with Crippen molar-refractivity contribution in [3.05, 3.63) is 69.9 Å². The van der Waals surface area contributed by atoms with Gasteiger partial charge in [-0.1, -0.05) is 11.6 Å². The van der Waals surface area contributed by atoms with Gasteiger partial charge < -0.3 is 19.2 Å². The van der Waals surface area contributed by atoms with Crippen LogP contribution < -0.4 is 10.1 Å². The molecule has 0 aliphatic heterocycles. The van der Waals surface area contributed by atoms with Gasteiger partial charge in [-0.2, -0.15) is 18.3 Å². The molecule has 182 valence electrons. The summed E-state index contributed by atoms with van der Waals surface area (Å²) in [6, 6.07) is 9.41. The molecule has 2 aromatic heterocycles. The second kappa shape index (κ2) is 10.6. The summed E-state index contributed by atoms with van der Waals surface area (Å²) in [7, 11) is 1.29. The Labute approximate surface area is 197 Å². The number of benzene rings is 1. The summed E-state index contributed by atoms with van der Waals surface area (Å²) >= 11 is 5.72. The Balaban J connectivity index is 1.45. The molecular weight excluding hydrogens is 479 g/mol. The number of halogens is 4. The van der Waals surface area contributed by atoms with E-state index in [2.05, 4.69) is 15.2 Å². The number of nitrogens with zero attached hydrogens (tertiary/aromatic N) is 2. The topological polar surface area (TPSA) is 95.6 Å². The van der Waals surface area contributed by atoms with Crippen LogP contribution in [0.5, 0.6) is 5.75 Å². The van der Waals surface area contributed by atoms with Crippen molar-refractivity contribution in [2.75, 3.05) is 13.7 Å². The summed E-state index contributed by atoms with van der Waals surface area (Å²) in [5.74, 6) is 0.0430. The molecule has 1 amide bonds. The maximum atomic E-state index is 12.9. The van der Waals surface area contributed by atoms with E-state index >= 15 is 0 Å². The number of aromatic nitrogens is 2. The molecular formula is C22H21ClF3N3O5. The van der Waals surface area contributed by atoms with Crippen LogP contribution in [0.4, 0.5) is 13.2 Å². The second-order valence-electron chi connectivity index (χ2n) is 7.15. The number of alkyl halides is 3. The fourth-order valence-corrected chi connectivity index (χ4v) is 3.22. The Bertz CT molecular complexity index is 1160. The Hall–Kier alpha value is -3.47. The Morgan fingerprint density at radius 1 is 1.18 bits per heavy atom. The van der Waals surface area contributed by atoms with E-state index in [1.807, 2.05) is 0 Å². The van der Waals surface area contributed by atoms with Gasteiger partial charge in [0.1, 0.15) is 18.1 Å². The van der Waals surface area contributed by atoms with Gasteiger partial charge in [0.25, 0.3) is 5.91 Å². The highest BCUT2D eigenvalue weighted by Gasteiger charge is 2.38. The Morgan fingerprint density at radius 2 is 1.88 bits per heavy atom. The Kier molecular flexibility index (Phi) is 7.87. The zero-order valence-corrected chi connectivity index (χ0v) is 19.0. The van der Waals surface area contributed by atoms with E-state index < -0.39 is 28.8 Å². The molecule has 1 N–H and O–H groups in total. The number of nitrogens with one attached hydrogen (secondary N) is 1. The van der Waals surface area contributed by atoms with E-state index in [1.165, 1.54) is 20.1 Å². The average molecular weight is 500 g/mol. The van der Waals surface area contributed by atoms with Crippen molar-refractivity contribution in [2.24, 2.45) is 0 Å². The average Bonchev–Trinajstić information content (AvgIpc) is 3.40. The molecule has 0 unspecified atom stereocenters. The molecule has 0 atom stereocenters. The molecule has 12 heteroatoms. The van der Waals surface area contributed by atoms with Crippen molar-refractivity contribution in [3.8, 4) is 5.75 Å². The molecule has 0 saturated heterocycles. The smallest absolute Gasteiger partial charge is 0.436 e. The van der Waals surface area contributed by atoms with Crippen molar-refractivity contribution in [1.29, 1.82) is 0 Å². The van der Waals surface area contributed by atoms with E-state index in [-0.39, 0.29) is 31.2 Å². The third-order valence-electron chi connectivity index (χ3n) is 4.78. The predicted octanol–water partition coefficient (Wildman–Crippen LogP) is 4.64. The number of aryl methyl sites for hydroxylation is 1. The molecule has 8 nitrogen and oxygen atoms in total. The number of furan rings is 1. The summed E-state index contributed by atoms with van der Waals surface area (Å²) in [5.41, 5.74) is -0.533. The zero-order chi connectivity index (χ0) is 24.9. The van der Waals surface area contributed by atoms with Crippen molar-refractivity contribution in [2.45, 2.75) is 32.7 Å². The first-order chi connectivity index (χ1) is 16.1. The lowest BCUT2D eigenvalue weighted by molar-refractivity contribution is -0.141. The molecule has 2 heterocycles. The maximum Gasteiger partial charge on any atom is 0.436 e. The van der Waals surface area contributed by atoms with Gasteiger partial charge in [0, 0.05) is 13.1 Å². The molecule has 3 aromatic rings. The first-order valence-corrected chi connectivity index (χ1v) is 10.5. The molecule has 0 saturated carbocycles. The third kappa shape index (κ3) is 6.10. The molecule has 1 aromatic carbocycles. The number of rotatable bonds is 9. The van der Waals surface area contributed by atoms with Gasteiger partial charge in [-0.25, -0.2) is 4.79 Å². The lowest BCUT2D eigenvalue weighted by Crippen LogP contribution is -2.25. The minimum atomic E-state index is -4.63. The largest absolute Gasteiger partial charge is 0.486 e. The van der Waals surface area contributed by atoms with Crippen LogP contribution >= 0.6 is 11.6 Å². The van der Waals surface area contributed by atoms with E-state index in [0.29, 0.717) is 23.5 Å². The van der Waals surface area contributed by atoms with Crippen LogP contribution in [0.1, 0.15) is 44.5 Å². The number of amides is 1. The van der Waals surface area contributed by atoms with Gasteiger partial charge in [-0.3, -0.25) is 9.48 Å². The van der Waals surface area contributed by atoms with Crippen LogP contribution in [0, 0.1) is 6.92 Å². The third-order valence-corrected chi connectivity index (χ3v) is 5.23. The van der Waals surface area contributed by atoms with Crippen molar-refractivity contribution >= 4 is 23.5 Å². The van der Waals surface area contributed by atoms with Crippen LogP contribution in [0.2, 0.25) is 5.02 Å². The summed E-state index contributed by atoms with van der Waals surface area (Å²) in [4.78, 5) is 23.7. The fourth-order valence-electron chi connectivity index (χ4n) is 2.98. The molecule has 0 fully saturated rings. The number of ether oxygens (including phenoxy) is 2. The number of esters is 1. The molecule has 0 aliphatic carbocycles. The number of hydrogen-bond donors (Lipinski definition) is 1. The lowest BCUT2D eigenvalue weighted by atomic mass is 10.2. The summed E-state index contributed by atoms with van der Waals surface area (Å²) in [5, 5.41) is 5.72. The van der Waals surface area contributed by atoms with Crippen LogP contribution in [0.15, 0.2) is 40.8 Å². The SMILES string of the molecule is COC(=O)c1ccc(OCc2ccc(C(=O)NCCCn3nc(C(F)(F)F)c(Cl)c3C)o2)cc1. The monoisotopic (exact) mass is 499 g/mol. The zero-order valence-electron chi connectivity index (χ0n) is 18.2.